The summed E-state index contributed by atoms with van der Waals surface area (Å²) in [6.45, 7) is 7.18. The van der Waals surface area contributed by atoms with E-state index in [-0.39, 0.29) is 0 Å². The Kier molecular flexibility index (Phi) is 4.52. The van der Waals surface area contributed by atoms with Crippen molar-refractivity contribution in [1.82, 2.24) is 9.88 Å². The van der Waals surface area contributed by atoms with Crippen molar-refractivity contribution in [3.63, 3.8) is 0 Å². The van der Waals surface area contributed by atoms with E-state index in [1.54, 1.807) is 0 Å². The van der Waals surface area contributed by atoms with Crippen LogP contribution in [0.15, 0.2) is 48.8 Å². The molecule has 24 heavy (non-hydrogen) atoms. The minimum atomic E-state index is 0.501. The van der Waals surface area contributed by atoms with Gasteiger partial charge >= 0.3 is 0 Å². The highest BCUT2D eigenvalue weighted by Gasteiger charge is 2.27. The molecular formula is C21H27N3. The van der Waals surface area contributed by atoms with Gasteiger partial charge in [-0.15, -0.1) is 0 Å². The largest absolute Gasteiger partial charge is 0.371 e. The van der Waals surface area contributed by atoms with Crippen molar-refractivity contribution >= 4 is 5.69 Å². The number of likely N-dealkylation sites (tertiary alicyclic amines) is 1. The second-order valence-electron chi connectivity index (χ2n) is 7.26. The zero-order valence-corrected chi connectivity index (χ0v) is 14.6. The van der Waals surface area contributed by atoms with Crippen molar-refractivity contribution in [2.75, 3.05) is 31.1 Å². The van der Waals surface area contributed by atoms with Crippen LogP contribution in [0.25, 0.3) is 0 Å². The Bertz CT molecular complexity index is 662. The van der Waals surface area contributed by atoms with Crippen LogP contribution in [-0.2, 0) is 6.42 Å². The van der Waals surface area contributed by atoms with Crippen LogP contribution in [0.3, 0.4) is 0 Å². The van der Waals surface area contributed by atoms with Crippen molar-refractivity contribution in [3.8, 4) is 0 Å². The Morgan fingerprint density at radius 1 is 1.04 bits per heavy atom. The lowest BCUT2D eigenvalue weighted by Gasteiger charge is -2.37. The number of para-hydroxylation sites is 1. The molecule has 2 aromatic rings. The van der Waals surface area contributed by atoms with Gasteiger partial charge in [-0.3, -0.25) is 9.88 Å². The van der Waals surface area contributed by atoms with Crippen LogP contribution < -0.4 is 4.90 Å². The highest BCUT2D eigenvalue weighted by Crippen LogP contribution is 2.31. The van der Waals surface area contributed by atoms with Crippen molar-refractivity contribution < 1.29 is 0 Å². The molecule has 3 nitrogen and oxygen atoms in total. The molecular weight excluding hydrogens is 294 g/mol. The van der Waals surface area contributed by atoms with Gasteiger partial charge in [-0.25, -0.2) is 0 Å². The number of benzene rings is 1. The smallest absolute Gasteiger partial charge is 0.0399 e. The van der Waals surface area contributed by atoms with E-state index in [1.807, 2.05) is 12.4 Å². The maximum absolute atomic E-state index is 4.14. The van der Waals surface area contributed by atoms with Crippen LogP contribution in [-0.4, -0.2) is 36.1 Å². The standard InChI is InChI=1S/C21H27N3/c1-17(19-6-11-22-12-7-19)23-13-8-18(9-14-23)16-24-15-10-20-4-2-3-5-21(20)24/h2-7,11-12,17-18H,8-10,13-16H2,1H3. The molecule has 0 amide bonds. The van der Waals surface area contributed by atoms with Gasteiger partial charge in [-0.05, 0) is 74.5 Å². The molecule has 0 aliphatic carbocycles. The highest BCUT2D eigenvalue weighted by molar-refractivity contribution is 5.57. The predicted molar refractivity (Wildman–Crippen MR) is 99.3 cm³/mol. The van der Waals surface area contributed by atoms with E-state index in [1.165, 1.54) is 62.3 Å². The molecule has 3 heteroatoms. The summed E-state index contributed by atoms with van der Waals surface area (Å²) in [5, 5.41) is 0. The Hall–Kier alpha value is -1.87. The first-order valence-corrected chi connectivity index (χ1v) is 9.28. The molecule has 0 spiro atoms. The molecule has 0 saturated carbocycles. The van der Waals surface area contributed by atoms with Gasteiger partial charge in [0.2, 0.25) is 0 Å². The molecule has 1 aromatic heterocycles. The molecule has 4 rings (SSSR count). The lowest BCUT2D eigenvalue weighted by atomic mass is 9.94. The zero-order valence-electron chi connectivity index (χ0n) is 14.6. The fourth-order valence-corrected chi connectivity index (χ4v) is 4.28. The van der Waals surface area contributed by atoms with Crippen LogP contribution in [0.2, 0.25) is 0 Å². The van der Waals surface area contributed by atoms with Gasteiger partial charge in [-0.2, -0.15) is 0 Å². The third-order valence-corrected chi connectivity index (χ3v) is 5.85. The minimum absolute atomic E-state index is 0.501. The molecule has 126 valence electrons. The predicted octanol–water partition coefficient (Wildman–Crippen LogP) is 3.92. The quantitative estimate of drug-likeness (QED) is 0.851. The summed E-state index contributed by atoms with van der Waals surface area (Å²) in [6, 6.07) is 13.7. The zero-order chi connectivity index (χ0) is 16.4. The number of rotatable bonds is 4. The number of pyridine rings is 1. The summed E-state index contributed by atoms with van der Waals surface area (Å²) in [5.41, 5.74) is 4.39. The SMILES string of the molecule is CC(c1ccncc1)N1CCC(CN2CCc3ccccc32)CC1. The van der Waals surface area contributed by atoms with Crippen molar-refractivity contribution in [3.05, 3.63) is 59.9 Å². The van der Waals surface area contributed by atoms with Crippen LogP contribution in [0.4, 0.5) is 5.69 Å². The lowest BCUT2D eigenvalue weighted by Crippen LogP contribution is -2.39. The third kappa shape index (κ3) is 3.18. The molecule has 1 saturated heterocycles. The van der Waals surface area contributed by atoms with Crippen molar-refractivity contribution in [2.45, 2.75) is 32.2 Å². The molecule has 3 heterocycles. The maximum atomic E-state index is 4.14. The van der Waals surface area contributed by atoms with Gasteiger partial charge in [-0.1, -0.05) is 18.2 Å². The molecule has 1 aromatic carbocycles. The van der Waals surface area contributed by atoms with Crippen molar-refractivity contribution in [2.24, 2.45) is 5.92 Å². The average molecular weight is 321 g/mol. The fraction of sp³-hybridized carbons (Fsp3) is 0.476. The van der Waals surface area contributed by atoms with E-state index < -0.39 is 0 Å². The Balaban J connectivity index is 1.32. The van der Waals surface area contributed by atoms with E-state index in [0.717, 1.165) is 5.92 Å². The number of hydrogen-bond donors (Lipinski definition) is 0. The van der Waals surface area contributed by atoms with Crippen molar-refractivity contribution in [1.29, 1.82) is 0 Å². The normalized spacial score (nSPS) is 20.1. The van der Waals surface area contributed by atoms with Gasteiger partial charge in [0.15, 0.2) is 0 Å². The van der Waals surface area contributed by atoms with E-state index in [9.17, 15) is 0 Å². The van der Waals surface area contributed by atoms with Crippen LogP contribution in [0, 0.1) is 5.92 Å². The molecule has 0 bridgehead atoms. The van der Waals surface area contributed by atoms with Gasteiger partial charge in [0.1, 0.15) is 0 Å². The third-order valence-electron chi connectivity index (χ3n) is 5.85. The van der Waals surface area contributed by atoms with Crippen LogP contribution in [0.5, 0.6) is 0 Å². The number of piperidine rings is 1. The number of fused-ring (bicyclic) bond motifs is 1. The summed E-state index contributed by atoms with van der Waals surface area (Å²) in [5.74, 6) is 0.831. The first kappa shape index (κ1) is 15.6. The summed E-state index contributed by atoms with van der Waals surface area (Å²) >= 11 is 0. The van der Waals surface area contributed by atoms with Gasteiger partial charge in [0, 0.05) is 37.2 Å². The van der Waals surface area contributed by atoms with E-state index >= 15 is 0 Å². The number of aromatic nitrogens is 1. The van der Waals surface area contributed by atoms with E-state index in [2.05, 4.69) is 58.1 Å². The topological polar surface area (TPSA) is 19.4 Å². The summed E-state index contributed by atoms with van der Waals surface area (Å²) in [7, 11) is 0. The molecule has 2 aliphatic rings. The molecule has 2 aliphatic heterocycles. The number of hydrogen-bond acceptors (Lipinski definition) is 3. The van der Waals surface area contributed by atoms with E-state index in [0.29, 0.717) is 6.04 Å². The highest BCUT2D eigenvalue weighted by atomic mass is 15.2. The Morgan fingerprint density at radius 3 is 2.58 bits per heavy atom. The lowest BCUT2D eigenvalue weighted by molar-refractivity contribution is 0.143. The first-order chi connectivity index (χ1) is 11.8. The second kappa shape index (κ2) is 6.94. The molecule has 1 unspecified atom stereocenters. The van der Waals surface area contributed by atoms with Gasteiger partial charge in [0.05, 0.1) is 0 Å². The molecule has 0 radical (unpaired) electrons. The molecule has 1 atom stereocenters. The van der Waals surface area contributed by atoms with Crippen LogP contribution in [0.1, 0.15) is 36.9 Å². The maximum Gasteiger partial charge on any atom is 0.0399 e. The second-order valence-corrected chi connectivity index (χ2v) is 7.26. The minimum Gasteiger partial charge on any atom is -0.371 e. The molecule has 0 N–H and O–H groups in total. The molecule has 1 fully saturated rings. The average Bonchev–Trinajstić information content (AvgIpc) is 3.06. The fourth-order valence-electron chi connectivity index (χ4n) is 4.28. The summed E-state index contributed by atoms with van der Waals surface area (Å²) in [4.78, 5) is 9.38. The Morgan fingerprint density at radius 2 is 1.79 bits per heavy atom. The number of anilines is 1. The summed E-state index contributed by atoms with van der Waals surface area (Å²) < 4.78 is 0. The summed E-state index contributed by atoms with van der Waals surface area (Å²) in [6.07, 6.45) is 7.66. The first-order valence-electron chi connectivity index (χ1n) is 9.28. The van der Waals surface area contributed by atoms with E-state index in [4.69, 9.17) is 0 Å². The van der Waals surface area contributed by atoms with Gasteiger partial charge in [0.25, 0.3) is 0 Å². The Labute approximate surface area is 145 Å². The van der Waals surface area contributed by atoms with Crippen LogP contribution >= 0.6 is 0 Å². The van der Waals surface area contributed by atoms with Gasteiger partial charge < -0.3 is 4.90 Å². The monoisotopic (exact) mass is 321 g/mol. The number of nitrogens with zero attached hydrogens (tertiary/aromatic N) is 3.